The second-order valence-electron chi connectivity index (χ2n) is 6.01. The molecular formula is C21H16ClFN2O4. The lowest BCUT2D eigenvalue weighted by molar-refractivity contribution is 0.0844. The molecule has 29 heavy (non-hydrogen) atoms. The molecule has 0 aliphatic rings. The van der Waals surface area contributed by atoms with Gasteiger partial charge in [-0.3, -0.25) is 20.4 Å². The van der Waals surface area contributed by atoms with Crippen molar-refractivity contribution in [3.63, 3.8) is 0 Å². The topological polar surface area (TPSA) is 87.7 Å². The molecule has 0 unspecified atom stereocenters. The average molecular weight is 415 g/mol. The van der Waals surface area contributed by atoms with Gasteiger partial charge in [0.05, 0.1) is 5.56 Å². The van der Waals surface area contributed by atoms with Crippen LogP contribution in [0.1, 0.15) is 26.3 Å². The van der Waals surface area contributed by atoms with Crippen LogP contribution >= 0.6 is 11.6 Å². The number of hydrogen-bond acceptors (Lipinski definition) is 4. The van der Waals surface area contributed by atoms with Gasteiger partial charge < -0.3 is 9.84 Å². The smallest absolute Gasteiger partial charge is 0.272 e. The van der Waals surface area contributed by atoms with Gasteiger partial charge in [-0.05, 0) is 54.1 Å². The van der Waals surface area contributed by atoms with Crippen LogP contribution in [0.3, 0.4) is 0 Å². The number of amides is 2. The van der Waals surface area contributed by atoms with E-state index in [4.69, 9.17) is 21.4 Å². The van der Waals surface area contributed by atoms with Gasteiger partial charge in [-0.25, -0.2) is 4.39 Å². The molecule has 6 nitrogen and oxygen atoms in total. The Morgan fingerprint density at radius 3 is 2.24 bits per heavy atom. The summed E-state index contributed by atoms with van der Waals surface area (Å²) in [6, 6.07) is 16.6. The molecule has 0 spiro atoms. The molecule has 0 aliphatic carbocycles. The van der Waals surface area contributed by atoms with Crippen molar-refractivity contribution in [3.8, 4) is 11.5 Å². The van der Waals surface area contributed by atoms with Crippen LogP contribution in [-0.4, -0.2) is 16.9 Å². The first-order valence-electron chi connectivity index (χ1n) is 8.49. The molecule has 0 fully saturated rings. The SMILES string of the molecule is O=C(NNC(=O)c1ccc(O)cc1F)c1ccc(COc2ccc(Cl)cc2)cc1. The summed E-state index contributed by atoms with van der Waals surface area (Å²) < 4.78 is 19.3. The zero-order valence-corrected chi connectivity index (χ0v) is 15.7. The fraction of sp³-hybridized carbons (Fsp3) is 0.0476. The van der Waals surface area contributed by atoms with Gasteiger partial charge in [0, 0.05) is 16.7 Å². The fourth-order valence-corrected chi connectivity index (χ4v) is 2.52. The van der Waals surface area contributed by atoms with Crippen LogP contribution in [0.25, 0.3) is 0 Å². The number of hydrazine groups is 1. The van der Waals surface area contributed by atoms with Crippen LogP contribution in [0.2, 0.25) is 5.02 Å². The molecule has 0 atom stereocenters. The second kappa shape index (κ2) is 9.07. The summed E-state index contributed by atoms with van der Waals surface area (Å²) in [6.07, 6.45) is 0. The van der Waals surface area contributed by atoms with Gasteiger partial charge in [0.25, 0.3) is 11.8 Å². The molecule has 0 aliphatic heterocycles. The van der Waals surface area contributed by atoms with Gasteiger partial charge in [0.15, 0.2) is 0 Å². The van der Waals surface area contributed by atoms with E-state index >= 15 is 0 Å². The van der Waals surface area contributed by atoms with E-state index in [1.54, 1.807) is 48.5 Å². The number of nitrogens with one attached hydrogen (secondary N) is 2. The Kier molecular flexibility index (Phi) is 6.31. The number of ether oxygens (including phenoxy) is 1. The van der Waals surface area contributed by atoms with E-state index < -0.39 is 17.6 Å². The maximum Gasteiger partial charge on any atom is 0.272 e. The van der Waals surface area contributed by atoms with Gasteiger partial charge >= 0.3 is 0 Å². The predicted molar refractivity (Wildman–Crippen MR) is 105 cm³/mol. The minimum atomic E-state index is -0.901. The van der Waals surface area contributed by atoms with Crippen molar-refractivity contribution < 1.29 is 23.8 Å². The third-order valence-electron chi connectivity index (χ3n) is 3.92. The number of hydrogen-bond donors (Lipinski definition) is 3. The molecule has 0 heterocycles. The van der Waals surface area contributed by atoms with E-state index in [0.29, 0.717) is 22.9 Å². The Morgan fingerprint density at radius 1 is 0.931 bits per heavy atom. The highest BCUT2D eigenvalue weighted by molar-refractivity contribution is 6.30. The Balaban J connectivity index is 1.53. The number of rotatable bonds is 5. The normalized spacial score (nSPS) is 10.3. The number of phenols is 1. The molecule has 0 saturated heterocycles. The van der Waals surface area contributed by atoms with Crippen LogP contribution in [0.15, 0.2) is 66.7 Å². The third-order valence-corrected chi connectivity index (χ3v) is 4.17. The van der Waals surface area contributed by atoms with E-state index in [1.807, 2.05) is 0 Å². The lowest BCUT2D eigenvalue weighted by Crippen LogP contribution is -2.41. The number of halogens is 2. The molecule has 0 bridgehead atoms. The highest BCUT2D eigenvalue weighted by Gasteiger charge is 2.13. The number of aromatic hydroxyl groups is 1. The first kappa shape index (κ1) is 20.2. The highest BCUT2D eigenvalue weighted by Crippen LogP contribution is 2.17. The van der Waals surface area contributed by atoms with Crippen molar-refractivity contribution in [1.29, 1.82) is 0 Å². The van der Waals surface area contributed by atoms with E-state index in [0.717, 1.165) is 17.7 Å². The summed E-state index contributed by atoms with van der Waals surface area (Å²) in [6.45, 7) is 0.306. The zero-order chi connectivity index (χ0) is 20.8. The van der Waals surface area contributed by atoms with E-state index in [-0.39, 0.29) is 11.3 Å². The highest BCUT2D eigenvalue weighted by atomic mass is 35.5. The number of carbonyl (C=O) groups is 2. The average Bonchev–Trinajstić information content (AvgIpc) is 2.72. The van der Waals surface area contributed by atoms with Crippen LogP contribution in [0.5, 0.6) is 11.5 Å². The largest absolute Gasteiger partial charge is 0.508 e. The van der Waals surface area contributed by atoms with Crippen LogP contribution in [-0.2, 0) is 6.61 Å². The summed E-state index contributed by atoms with van der Waals surface area (Å²) in [5.74, 6) is -1.95. The molecule has 8 heteroatoms. The maximum absolute atomic E-state index is 13.7. The minimum Gasteiger partial charge on any atom is -0.508 e. The predicted octanol–water partition coefficient (Wildman–Crippen LogP) is 3.84. The van der Waals surface area contributed by atoms with Crippen LogP contribution in [0.4, 0.5) is 4.39 Å². The van der Waals surface area contributed by atoms with Crippen molar-refractivity contribution in [2.45, 2.75) is 6.61 Å². The van der Waals surface area contributed by atoms with Gasteiger partial charge in [0.2, 0.25) is 0 Å². The molecular weight excluding hydrogens is 399 g/mol. The summed E-state index contributed by atoms with van der Waals surface area (Å²) >= 11 is 5.82. The molecule has 0 aromatic heterocycles. The fourth-order valence-electron chi connectivity index (χ4n) is 2.39. The summed E-state index contributed by atoms with van der Waals surface area (Å²) in [5, 5.41) is 9.79. The zero-order valence-electron chi connectivity index (χ0n) is 15.0. The molecule has 3 aromatic rings. The quantitative estimate of drug-likeness (QED) is 0.553. The lowest BCUT2D eigenvalue weighted by Gasteiger charge is -2.09. The summed E-state index contributed by atoms with van der Waals surface area (Å²) in [7, 11) is 0. The van der Waals surface area contributed by atoms with Gasteiger partial charge in [-0.2, -0.15) is 0 Å². The first-order chi connectivity index (χ1) is 13.9. The summed E-state index contributed by atoms with van der Waals surface area (Å²) in [4.78, 5) is 24.1. The first-order valence-corrected chi connectivity index (χ1v) is 8.86. The molecule has 3 N–H and O–H groups in total. The van der Waals surface area contributed by atoms with E-state index in [2.05, 4.69) is 10.9 Å². The van der Waals surface area contributed by atoms with Gasteiger partial charge in [-0.1, -0.05) is 23.7 Å². The van der Waals surface area contributed by atoms with E-state index in [1.165, 1.54) is 6.07 Å². The van der Waals surface area contributed by atoms with Crippen molar-refractivity contribution in [1.82, 2.24) is 10.9 Å². The number of carbonyl (C=O) groups excluding carboxylic acids is 2. The molecule has 0 saturated carbocycles. The Morgan fingerprint density at radius 2 is 1.59 bits per heavy atom. The molecule has 148 valence electrons. The number of benzene rings is 3. The van der Waals surface area contributed by atoms with Crippen molar-refractivity contribution in [2.24, 2.45) is 0 Å². The van der Waals surface area contributed by atoms with Gasteiger partial charge in [-0.15, -0.1) is 0 Å². The van der Waals surface area contributed by atoms with Crippen molar-refractivity contribution in [3.05, 3.63) is 94.3 Å². The lowest BCUT2D eigenvalue weighted by atomic mass is 10.1. The number of phenolic OH excluding ortho intramolecular Hbond substituents is 1. The molecule has 3 aromatic carbocycles. The Labute approximate surface area is 170 Å². The minimum absolute atomic E-state index is 0.298. The Bertz CT molecular complexity index is 1020. The molecule has 3 rings (SSSR count). The monoisotopic (exact) mass is 414 g/mol. The second-order valence-corrected chi connectivity index (χ2v) is 6.45. The van der Waals surface area contributed by atoms with Crippen molar-refractivity contribution >= 4 is 23.4 Å². The van der Waals surface area contributed by atoms with E-state index in [9.17, 15) is 14.0 Å². The Hall–Kier alpha value is -3.58. The standard InChI is InChI=1S/C21H16ClFN2O4/c22-15-5-8-17(9-6-15)29-12-13-1-3-14(4-2-13)20(27)24-25-21(28)18-10-7-16(26)11-19(18)23/h1-11,26H,12H2,(H,24,27)(H,25,28). The third kappa shape index (κ3) is 5.46. The summed E-state index contributed by atoms with van der Waals surface area (Å²) in [5.41, 5.74) is 5.17. The van der Waals surface area contributed by atoms with Crippen LogP contribution < -0.4 is 15.6 Å². The van der Waals surface area contributed by atoms with Crippen molar-refractivity contribution in [2.75, 3.05) is 0 Å². The maximum atomic E-state index is 13.7. The molecule has 0 radical (unpaired) electrons. The molecule has 2 amide bonds. The van der Waals surface area contributed by atoms with Gasteiger partial charge in [0.1, 0.15) is 23.9 Å². The van der Waals surface area contributed by atoms with Crippen LogP contribution in [0, 0.1) is 5.82 Å².